The molecular formula is C13H19N5O4. The molecule has 120 valence electrons. The maximum atomic E-state index is 12.1. The number of amides is 2. The molecule has 1 N–H and O–H groups in total. The molecule has 2 rings (SSSR count). The molecule has 9 nitrogen and oxygen atoms in total. The highest BCUT2D eigenvalue weighted by Gasteiger charge is 2.29. The topological polar surface area (TPSA) is 110 Å². The van der Waals surface area contributed by atoms with Crippen LogP contribution in [0, 0.1) is 17.0 Å². The lowest BCUT2D eigenvalue weighted by Crippen LogP contribution is -2.31. The van der Waals surface area contributed by atoms with Crippen LogP contribution < -0.4 is 5.32 Å². The van der Waals surface area contributed by atoms with Gasteiger partial charge in [0, 0.05) is 33.1 Å². The Morgan fingerprint density at radius 3 is 2.82 bits per heavy atom. The maximum absolute atomic E-state index is 12.1. The number of nitro groups is 1. The van der Waals surface area contributed by atoms with Crippen LogP contribution in [0.5, 0.6) is 0 Å². The van der Waals surface area contributed by atoms with Crippen LogP contribution in [-0.2, 0) is 11.8 Å². The number of aryl methyl sites for hydroxylation is 2. The highest BCUT2D eigenvalue weighted by molar-refractivity contribution is 5.96. The summed E-state index contributed by atoms with van der Waals surface area (Å²) in [4.78, 5) is 35.7. The number of carbonyl (C=O) groups is 2. The van der Waals surface area contributed by atoms with Gasteiger partial charge in [-0.05, 0) is 19.8 Å². The van der Waals surface area contributed by atoms with Crippen molar-refractivity contribution in [2.75, 3.05) is 19.6 Å². The predicted molar refractivity (Wildman–Crippen MR) is 77.4 cm³/mol. The maximum Gasteiger partial charge on any atom is 0.322 e. The fraction of sp³-hybridized carbons (Fsp3) is 0.615. The summed E-state index contributed by atoms with van der Waals surface area (Å²) in [5.41, 5.74) is -0.116. The molecule has 0 saturated carbocycles. The molecule has 0 bridgehead atoms. The molecule has 0 spiro atoms. The van der Waals surface area contributed by atoms with E-state index in [-0.39, 0.29) is 23.0 Å². The Kier molecular flexibility index (Phi) is 4.74. The second-order valence-electron chi connectivity index (χ2n) is 5.26. The van der Waals surface area contributed by atoms with Crippen molar-refractivity contribution < 1.29 is 14.5 Å². The Labute approximate surface area is 127 Å². The largest absolute Gasteiger partial charge is 0.350 e. The zero-order valence-corrected chi connectivity index (χ0v) is 12.7. The van der Waals surface area contributed by atoms with Gasteiger partial charge in [0.15, 0.2) is 0 Å². The van der Waals surface area contributed by atoms with Gasteiger partial charge in [-0.2, -0.15) is 5.10 Å². The zero-order valence-electron chi connectivity index (χ0n) is 12.7. The molecule has 22 heavy (non-hydrogen) atoms. The van der Waals surface area contributed by atoms with Gasteiger partial charge in [-0.25, -0.2) is 0 Å². The van der Waals surface area contributed by atoms with Gasteiger partial charge in [0.25, 0.3) is 5.91 Å². The van der Waals surface area contributed by atoms with Crippen LogP contribution in [0.15, 0.2) is 0 Å². The van der Waals surface area contributed by atoms with Crippen molar-refractivity contribution in [1.82, 2.24) is 20.0 Å². The molecule has 0 radical (unpaired) electrons. The summed E-state index contributed by atoms with van der Waals surface area (Å²) in [5, 5.41) is 17.6. The first-order valence-electron chi connectivity index (χ1n) is 7.15. The minimum absolute atomic E-state index is 0.0558. The molecule has 0 aliphatic carbocycles. The Morgan fingerprint density at radius 2 is 2.23 bits per heavy atom. The molecule has 1 fully saturated rings. The second kappa shape index (κ2) is 6.54. The van der Waals surface area contributed by atoms with Crippen molar-refractivity contribution in [3.05, 3.63) is 21.5 Å². The van der Waals surface area contributed by atoms with Gasteiger partial charge in [0.1, 0.15) is 5.69 Å². The minimum atomic E-state index is -0.597. The third kappa shape index (κ3) is 3.23. The number of rotatable bonds is 6. The van der Waals surface area contributed by atoms with E-state index >= 15 is 0 Å². The smallest absolute Gasteiger partial charge is 0.322 e. The van der Waals surface area contributed by atoms with Gasteiger partial charge in [0.2, 0.25) is 11.6 Å². The van der Waals surface area contributed by atoms with Crippen LogP contribution in [0.2, 0.25) is 0 Å². The van der Waals surface area contributed by atoms with E-state index in [2.05, 4.69) is 10.4 Å². The first kappa shape index (κ1) is 15.9. The SMILES string of the molecule is Cc1nn(C)c(C(=O)NCCCN2CCCC2=O)c1[N+](=O)[O-]. The molecular weight excluding hydrogens is 290 g/mol. The zero-order chi connectivity index (χ0) is 16.3. The number of hydrogen-bond acceptors (Lipinski definition) is 5. The molecule has 2 amide bonds. The Hall–Kier alpha value is -2.45. The molecule has 1 aromatic rings. The van der Waals surface area contributed by atoms with Crippen LogP contribution >= 0.6 is 0 Å². The summed E-state index contributed by atoms with van der Waals surface area (Å²) in [6.45, 7) is 3.20. The van der Waals surface area contributed by atoms with E-state index in [1.165, 1.54) is 18.7 Å². The standard InChI is InChI=1S/C13H19N5O4/c1-9-11(18(21)22)12(16(2)15-9)13(20)14-6-4-8-17-7-3-5-10(17)19/h3-8H2,1-2H3,(H,14,20). The molecule has 9 heteroatoms. The van der Waals surface area contributed by atoms with Crippen LogP contribution in [-0.4, -0.2) is 51.1 Å². The van der Waals surface area contributed by atoms with Crippen LogP contribution in [0.1, 0.15) is 35.4 Å². The number of aromatic nitrogens is 2. The average Bonchev–Trinajstić information content (AvgIpc) is 2.97. The Balaban J connectivity index is 1.90. The molecule has 1 aliphatic heterocycles. The van der Waals surface area contributed by atoms with Gasteiger partial charge < -0.3 is 10.2 Å². The van der Waals surface area contributed by atoms with Crippen molar-refractivity contribution in [3.63, 3.8) is 0 Å². The van der Waals surface area contributed by atoms with Gasteiger partial charge in [-0.1, -0.05) is 0 Å². The van der Waals surface area contributed by atoms with E-state index in [1.807, 2.05) is 0 Å². The Morgan fingerprint density at radius 1 is 1.50 bits per heavy atom. The minimum Gasteiger partial charge on any atom is -0.350 e. The van der Waals surface area contributed by atoms with E-state index in [0.29, 0.717) is 25.9 Å². The summed E-state index contributed by atoms with van der Waals surface area (Å²) in [6.07, 6.45) is 2.08. The monoisotopic (exact) mass is 309 g/mol. The number of carbonyl (C=O) groups excluding carboxylic acids is 2. The molecule has 1 saturated heterocycles. The van der Waals surface area contributed by atoms with Crippen LogP contribution in [0.3, 0.4) is 0 Å². The van der Waals surface area contributed by atoms with E-state index in [1.54, 1.807) is 4.90 Å². The van der Waals surface area contributed by atoms with E-state index in [9.17, 15) is 19.7 Å². The molecule has 0 atom stereocenters. The third-order valence-corrected chi connectivity index (χ3v) is 3.65. The van der Waals surface area contributed by atoms with Crippen molar-refractivity contribution in [3.8, 4) is 0 Å². The molecule has 1 aromatic heterocycles. The lowest BCUT2D eigenvalue weighted by Gasteiger charge is -2.15. The lowest BCUT2D eigenvalue weighted by atomic mass is 10.3. The summed E-state index contributed by atoms with van der Waals surface area (Å²) < 4.78 is 1.22. The van der Waals surface area contributed by atoms with E-state index in [4.69, 9.17) is 0 Å². The quantitative estimate of drug-likeness (QED) is 0.464. The fourth-order valence-corrected chi connectivity index (χ4v) is 2.62. The van der Waals surface area contributed by atoms with Gasteiger partial charge in [-0.15, -0.1) is 0 Å². The first-order chi connectivity index (χ1) is 10.4. The normalized spacial score (nSPS) is 14.5. The van der Waals surface area contributed by atoms with E-state index < -0.39 is 10.8 Å². The summed E-state index contributed by atoms with van der Waals surface area (Å²) in [7, 11) is 1.50. The van der Waals surface area contributed by atoms with Gasteiger partial charge in [0.05, 0.1) is 4.92 Å². The fourth-order valence-electron chi connectivity index (χ4n) is 2.62. The average molecular weight is 309 g/mol. The van der Waals surface area contributed by atoms with Crippen LogP contribution in [0.25, 0.3) is 0 Å². The highest BCUT2D eigenvalue weighted by atomic mass is 16.6. The lowest BCUT2D eigenvalue weighted by molar-refractivity contribution is -0.385. The number of likely N-dealkylation sites (tertiary alicyclic amines) is 1. The molecule has 2 heterocycles. The van der Waals surface area contributed by atoms with Crippen LogP contribution in [0.4, 0.5) is 5.69 Å². The summed E-state index contributed by atoms with van der Waals surface area (Å²) in [5.74, 6) is -0.383. The third-order valence-electron chi connectivity index (χ3n) is 3.65. The van der Waals surface area contributed by atoms with Crippen molar-refractivity contribution in [1.29, 1.82) is 0 Å². The molecule has 0 aromatic carbocycles. The second-order valence-corrected chi connectivity index (χ2v) is 5.26. The summed E-state index contributed by atoms with van der Waals surface area (Å²) in [6, 6.07) is 0. The van der Waals surface area contributed by atoms with Crippen molar-refractivity contribution in [2.45, 2.75) is 26.2 Å². The highest BCUT2D eigenvalue weighted by Crippen LogP contribution is 2.21. The number of nitrogens with one attached hydrogen (secondary N) is 1. The number of hydrogen-bond donors (Lipinski definition) is 1. The summed E-state index contributed by atoms with van der Waals surface area (Å²) >= 11 is 0. The van der Waals surface area contributed by atoms with Crippen molar-refractivity contribution in [2.24, 2.45) is 7.05 Å². The Bertz CT molecular complexity index is 610. The van der Waals surface area contributed by atoms with Gasteiger partial charge in [-0.3, -0.25) is 24.4 Å². The number of nitrogens with zero attached hydrogens (tertiary/aromatic N) is 4. The molecule has 1 aliphatic rings. The van der Waals surface area contributed by atoms with Crippen molar-refractivity contribution >= 4 is 17.5 Å². The van der Waals surface area contributed by atoms with Gasteiger partial charge >= 0.3 is 5.69 Å². The molecule has 0 unspecified atom stereocenters. The van der Waals surface area contributed by atoms with E-state index in [0.717, 1.165) is 13.0 Å². The first-order valence-corrected chi connectivity index (χ1v) is 7.15. The predicted octanol–water partition coefficient (Wildman–Crippen LogP) is 0.379.